The molecule has 0 unspecified atom stereocenters. The van der Waals surface area contributed by atoms with Crippen LogP contribution in [-0.4, -0.2) is 19.0 Å². The van der Waals surface area contributed by atoms with Gasteiger partial charge in [0.2, 0.25) is 0 Å². The number of hydrogen-bond donors (Lipinski definition) is 0. The monoisotopic (exact) mass is 252 g/mol. The topological polar surface area (TPSA) is 18.5 Å². The van der Waals surface area contributed by atoms with Crippen LogP contribution >= 0.6 is 0 Å². The average Bonchev–Trinajstić information content (AvgIpc) is 2.73. The first kappa shape index (κ1) is 15.5. The van der Waals surface area contributed by atoms with Crippen LogP contribution in [0.1, 0.15) is 53.4 Å². The zero-order valence-electron chi connectivity index (χ0n) is 12.4. The second kappa shape index (κ2) is 7.10. The molecule has 0 spiro atoms. The van der Waals surface area contributed by atoms with Gasteiger partial charge in [-0.3, -0.25) is 0 Å². The van der Waals surface area contributed by atoms with E-state index in [1.165, 1.54) is 11.1 Å². The predicted molar refractivity (Wildman–Crippen MR) is 76.5 cm³/mol. The molecule has 104 valence electrons. The van der Waals surface area contributed by atoms with Gasteiger partial charge in [0.05, 0.1) is 13.2 Å². The van der Waals surface area contributed by atoms with E-state index in [-0.39, 0.29) is 5.79 Å². The van der Waals surface area contributed by atoms with E-state index in [0.29, 0.717) is 5.92 Å². The highest BCUT2D eigenvalue weighted by atomic mass is 16.7. The molecule has 1 fully saturated rings. The summed E-state index contributed by atoms with van der Waals surface area (Å²) >= 11 is 0. The molecule has 0 aromatic carbocycles. The zero-order valence-corrected chi connectivity index (χ0v) is 12.4. The van der Waals surface area contributed by atoms with Gasteiger partial charge in [-0.05, 0) is 39.0 Å². The molecule has 2 nitrogen and oxygen atoms in total. The molecule has 0 aromatic heterocycles. The molecule has 0 N–H and O–H groups in total. The Morgan fingerprint density at radius 1 is 1.28 bits per heavy atom. The van der Waals surface area contributed by atoms with Gasteiger partial charge in [-0.15, -0.1) is 0 Å². The molecule has 1 rings (SSSR count). The van der Waals surface area contributed by atoms with Gasteiger partial charge in [-0.2, -0.15) is 0 Å². The second-order valence-corrected chi connectivity index (χ2v) is 5.73. The Morgan fingerprint density at radius 3 is 2.44 bits per heavy atom. The molecular formula is C16H28O2. The van der Waals surface area contributed by atoms with Crippen molar-refractivity contribution in [3.05, 3.63) is 23.8 Å². The third-order valence-electron chi connectivity index (χ3n) is 3.65. The van der Waals surface area contributed by atoms with Gasteiger partial charge >= 0.3 is 0 Å². The van der Waals surface area contributed by atoms with Crippen LogP contribution in [0.3, 0.4) is 0 Å². The Morgan fingerprint density at radius 2 is 1.89 bits per heavy atom. The summed E-state index contributed by atoms with van der Waals surface area (Å²) in [6.45, 7) is 14.2. The van der Waals surface area contributed by atoms with E-state index in [1.807, 2.05) is 6.92 Å². The van der Waals surface area contributed by atoms with E-state index in [2.05, 4.69) is 33.4 Å². The number of allylic oxidation sites excluding steroid dienone is 3. The maximum Gasteiger partial charge on any atom is 0.166 e. The van der Waals surface area contributed by atoms with Crippen LogP contribution in [0.5, 0.6) is 0 Å². The van der Waals surface area contributed by atoms with Gasteiger partial charge in [0, 0.05) is 6.42 Å². The Bertz CT molecular complexity index is 296. The van der Waals surface area contributed by atoms with Crippen LogP contribution in [0.25, 0.3) is 0 Å². The molecule has 1 heterocycles. The van der Waals surface area contributed by atoms with Crippen LogP contribution in [0.2, 0.25) is 0 Å². The summed E-state index contributed by atoms with van der Waals surface area (Å²) in [4.78, 5) is 0. The molecular weight excluding hydrogens is 224 g/mol. The highest BCUT2D eigenvalue weighted by Gasteiger charge is 2.29. The molecule has 18 heavy (non-hydrogen) atoms. The van der Waals surface area contributed by atoms with Crippen molar-refractivity contribution >= 4 is 0 Å². The summed E-state index contributed by atoms with van der Waals surface area (Å²) in [5, 5.41) is 0. The molecule has 0 saturated carbocycles. The number of rotatable bonds is 7. The fraction of sp³-hybridized carbons (Fsp3) is 0.750. The van der Waals surface area contributed by atoms with Crippen molar-refractivity contribution in [2.24, 2.45) is 5.92 Å². The van der Waals surface area contributed by atoms with E-state index in [1.54, 1.807) is 0 Å². The SMILES string of the molecule is C=C(CC/C(C)=C/CCC1(C)OCCO1)C(C)C. The van der Waals surface area contributed by atoms with Gasteiger partial charge in [-0.1, -0.05) is 37.6 Å². The third-order valence-corrected chi connectivity index (χ3v) is 3.65. The highest BCUT2D eigenvalue weighted by molar-refractivity contribution is 5.05. The van der Waals surface area contributed by atoms with Gasteiger partial charge < -0.3 is 9.47 Å². The van der Waals surface area contributed by atoms with Crippen molar-refractivity contribution < 1.29 is 9.47 Å². The van der Waals surface area contributed by atoms with E-state index in [0.717, 1.165) is 38.9 Å². The van der Waals surface area contributed by atoms with Crippen LogP contribution in [0, 0.1) is 5.92 Å². The molecule has 0 aromatic rings. The van der Waals surface area contributed by atoms with Gasteiger partial charge in [-0.25, -0.2) is 0 Å². The van der Waals surface area contributed by atoms with E-state index in [4.69, 9.17) is 9.47 Å². The lowest BCUT2D eigenvalue weighted by atomic mass is 9.97. The molecule has 0 aliphatic carbocycles. The molecule has 1 saturated heterocycles. The molecule has 0 amide bonds. The summed E-state index contributed by atoms with van der Waals surface area (Å²) in [5.41, 5.74) is 2.79. The lowest BCUT2D eigenvalue weighted by Crippen LogP contribution is -2.24. The van der Waals surface area contributed by atoms with E-state index < -0.39 is 0 Å². The van der Waals surface area contributed by atoms with Crippen molar-refractivity contribution in [2.45, 2.75) is 59.2 Å². The Hall–Kier alpha value is -0.600. The molecule has 2 heteroatoms. The molecule has 1 aliphatic heterocycles. The Labute approximate surface area is 112 Å². The summed E-state index contributed by atoms with van der Waals surface area (Å²) in [5.74, 6) is 0.246. The van der Waals surface area contributed by atoms with Crippen LogP contribution in [-0.2, 0) is 9.47 Å². The first-order valence-electron chi connectivity index (χ1n) is 7.04. The van der Waals surface area contributed by atoms with Gasteiger partial charge in [0.15, 0.2) is 5.79 Å². The predicted octanol–water partition coefficient (Wildman–Crippen LogP) is 4.47. The Kier molecular flexibility index (Phi) is 6.10. The first-order valence-corrected chi connectivity index (χ1v) is 7.04. The van der Waals surface area contributed by atoms with Crippen LogP contribution in [0.15, 0.2) is 23.8 Å². The molecule has 1 aliphatic rings. The van der Waals surface area contributed by atoms with E-state index >= 15 is 0 Å². The van der Waals surface area contributed by atoms with Crippen LogP contribution < -0.4 is 0 Å². The minimum atomic E-state index is -0.349. The lowest BCUT2D eigenvalue weighted by molar-refractivity contribution is -0.145. The number of ether oxygens (including phenoxy) is 2. The van der Waals surface area contributed by atoms with Crippen LogP contribution in [0.4, 0.5) is 0 Å². The van der Waals surface area contributed by atoms with Gasteiger partial charge in [0.1, 0.15) is 0 Å². The minimum absolute atomic E-state index is 0.349. The summed E-state index contributed by atoms with van der Waals surface area (Å²) in [7, 11) is 0. The second-order valence-electron chi connectivity index (χ2n) is 5.73. The first-order chi connectivity index (χ1) is 8.43. The van der Waals surface area contributed by atoms with Crippen molar-refractivity contribution in [2.75, 3.05) is 13.2 Å². The summed E-state index contributed by atoms with van der Waals surface area (Å²) < 4.78 is 11.2. The quantitative estimate of drug-likeness (QED) is 0.622. The van der Waals surface area contributed by atoms with Crippen molar-refractivity contribution in [1.82, 2.24) is 0 Å². The fourth-order valence-corrected chi connectivity index (χ4v) is 2.03. The largest absolute Gasteiger partial charge is 0.348 e. The Balaban J connectivity index is 2.23. The molecule has 0 atom stereocenters. The molecule has 0 bridgehead atoms. The molecule has 0 radical (unpaired) electrons. The van der Waals surface area contributed by atoms with Gasteiger partial charge in [0.25, 0.3) is 0 Å². The lowest BCUT2D eigenvalue weighted by Gasteiger charge is -2.21. The van der Waals surface area contributed by atoms with Crippen molar-refractivity contribution in [1.29, 1.82) is 0 Å². The maximum absolute atomic E-state index is 5.59. The normalized spacial score (nSPS) is 19.5. The fourth-order valence-electron chi connectivity index (χ4n) is 2.03. The average molecular weight is 252 g/mol. The standard InChI is InChI=1S/C16H28O2/c1-13(2)15(4)9-8-14(3)7-6-10-16(5)17-11-12-18-16/h7,13H,4,6,8-12H2,1-3,5H3/b14-7+. The highest BCUT2D eigenvalue weighted by Crippen LogP contribution is 2.25. The van der Waals surface area contributed by atoms with E-state index in [9.17, 15) is 0 Å². The minimum Gasteiger partial charge on any atom is -0.348 e. The summed E-state index contributed by atoms with van der Waals surface area (Å²) in [6, 6.07) is 0. The van der Waals surface area contributed by atoms with Crippen molar-refractivity contribution in [3.8, 4) is 0 Å². The zero-order chi connectivity index (χ0) is 13.6. The smallest absolute Gasteiger partial charge is 0.166 e. The number of hydrogen-bond acceptors (Lipinski definition) is 2. The third kappa shape index (κ3) is 5.36. The maximum atomic E-state index is 5.59. The van der Waals surface area contributed by atoms with Crippen molar-refractivity contribution in [3.63, 3.8) is 0 Å². The summed E-state index contributed by atoms with van der Waals surface area (Å²) in [6.07, 6.45) is 6.50.